The molecule has 1 aliphatic rings. The molecule has 1 saturated heterocycles. The fourth-order valence-corrected chi connectivity index (χ4v) is 3.27. The van der Waals surface area contributed by atoms with Gasteiger partial charge in [-0.3, -0.25) is 9.59 Å². The predicted molar refractivity (Wildman–Crippen MR) is 102 cm³/mol. The summed E-state index contributed by atoms with van der Waals surface area (Å²) in [5, 5.41) is 27.3. The maximum absolute atomic E-state index is 12.8. The number of aryl methyl sites for hydroxylation is 1. The van der Waals surface area contributed by atoms with Crippen LogP contribution in [0.1, 0.15) is 60.8 Å². The monoisotopic (exact) mass is 386 g/mol. The van der Waals surface area contributed by atoms with Crippen LogP contribution >= 0.6 is 0 Å². The molecule has 2 N–H and O–H groups in total. The summed E-state index contributed by atoms with van der Waals surface area (Å²) < 4.78 is 1.74. The van der Waals surface area contributed by atoms with Crippen LogP contribution < -0.4 is 0 Å². The first-order valence-electron chi connectivity index (χ1n) is 9.55. The lowest BCUT2D eigenvalue weighted by molar-refractivity contribution is -0.136. The second kappa shape index (κ2) is 8.10. The molecule has 8 heteroatoms. The number of aromatic nitrogens is 3. The summed E-state index contributed by atoms with van der Waals surface area (Å²) in [6.07, 6.45) is 3.61. The van der Waals surface area contributed by atoms with Crippen molar-refractivity contribution in [2.24, 2.45) is 0 Å². The van der Waals surface area contributed by atoms with Crippen molar-refractivity contribution in [3.05, 3.63) is 47.3 Å². The van der Waals surface area contributed by atoms with E-state index in [-0.39, 0.29) is 18.4 Å². The SMILES string of the molecule is CCC(C)(O)c1cn(C2CCN(C(=O)c3ccc(CCC(=O)O)cc3)C2)nn1. The average molecular weight is 386 g/mol. The van der Waals surface area contributed by atoms with Crippen molar-refractivity contribution in [1.82, 2.24) is 19.9 Å². The molecule has 2 heterocycles. The Hall–Kier alpha value is -2.74. The van der Waals surface area contributed by atoms with Gasteiger partial charge >= 0.3 is 5.97 Å². The molecule has 1 fully saturated rings. The molecular formula is C20H26N4O4. The number of hydrogen-bond acceptors (Lipinski definition) is 5. The largest absolute Gasteiger partial charge is 0.481 e. The standard InChI is InChI=1S/C20H26N4O4/c1-3-20(2,28)17-13-24(22-21-17)16-10-11-23(12-16)19(27)15-7-4-14(5-8-15)6-9-18(25)26/h4-5,7-8,13,16,28H,3,6,9-12H2,1-2H3,(H,25,26). The lowest BCUT2D eigenvalue weighted by Gasteiger charge is -2.18. The van der Waals surface area contributed by atoms with E-state index in [1.54, 1.807) is 47.0 Å². The van der Waals surface area contributed by atoms with Gasteiger partial charge in [0.25, 0.3) is 5.91 Å². The number of aliphatic carboxylic acids is 1. The summed E-state index contributed by atoms with van der Waals surface area (Å²) in [7, 11) is 0. The van der Waals surface area contributed by atoms with Gasteiger partial charge in [0.15, 0.2) is 0 Å². The van der Waals surface area contributed by atoms with Crippen molar-refractivity contribution in [2.75, 3.05) is 13.1 Å². The molecule has 0 aliphatic carbocycles. The molecule has 2 atom stereocenters. The number of carboxylic acid groups (broad SMARTS) is 1. The predicted octanol–water partition coefficient (Wildman–Crippen LogP) is 2.00. The molecule has 1 amide bonds. The number of likely N-dealkylation sites (tertiary alicyclic amines) is 1. The van der Waals surface area contributed by atoms with Crippen LogP contribution in [-0.2, 0) is 16.8 Å². The molecular weight excluding hydrogens is 360 g/mol. The van der Waals surface area contributed by atoms with Gasteiger partial charge in [-0.2, -0.15) is 0 Å². The third-order valence-corrected chi connectivity index (χ3v) is 5.40. The average Bonchev–Trinajstić information content (AvgIpc) is 3.36. The summed E-state index contributed by atoms with van der Waals surface area (Å²) in [4.78, 5) is 25.2. The van der Waals surface area contributed by atoms with Crippen molar-refractivity contribution in [1.29, 1.82) is 0 Å². The number of benzene rings is 1. The van der Waals surface area contributed by atoms with Crippen molar-refractivity contribution < 1.29 is 19.8 Å². The van der Waals surface area contributed by atoms with Crippen molar-refractivity contribution in [3.8, 4) is 0 Å². The van der Waals surface area contributed by atoms with Crippen LogP contribution in [0.5, 0.6) is 0 Å². The van der Waals surface area contributed by atoms with Crippen molar-refractivity contribution >= 4 is 11.9 Å². The number of rotatable bonds is 7. The molecule has 1 aliphatic heterocycles. The third kappa shape index (κ3) is 4.39. The fraction of sp³-hybridized carbons (Fsp3) is 0.500. The Morgan fingerprint density at radius 1 is 1.29 bits per heavy atom. The Kier molecular flexibility index (Phi) is 5.79. The van der Waals surface area contributed by atoms with E-state index < -0.39 is 11.6 Å². The van der Waals surface area contributed by atoms with Crippen molar-refractivity contribution in [3.63, 3.8) is 0 Å². The second-order valence-corrected chi connectivity index (χ2v) is 7.50. The van der Waals surface area contributed by atoms with E-state index in [9.17, 15) is 14.7 Å². The number of amides is 1. The normalized spacial score (nSPS) is 18.8. The number of hydrogen-bond donors (Lipinski definition) is 2. The van der Waals surface area contributed by atoms with Crippen LogP contribution in [0, 0.1) is 0 Å². The van der Waals surface area contributed by atoms with Gasteiger partial charge in [-0.05, 0) is 43.9 Å². The van der Waals surface area contributed by atoms with Crippen LogP contribution in [0.3, 0.4) is 0 Å². The van der Waals surface area contributed by atoms with E-state index >= 15 is 0 Å². The zero-order valence-electron chi connectivity index (χ0n) is 16.2. The molecule has 0 bridgehead atoms. The van der Waals surface area contributed by atoms with Crippen LogP contribution in [0.2, 0.25) is 0 Å². The molecule has 0 radical (unpaired) electrons. The Morgan fingerprint density at radius 3 is 2.64 bits per heavy atom. The van der Waals surface area contributed by atoms with E-state index in [0.29, 0.717) is 37.2 Å². The maximum atomic E-state index is 12.8. The Morgan fingerprint density at radius 2 is 2.00 bits per heavy atom. The topological polar surface area (TPSA) is 109 Å². The smallest absolute Gasteiger partial charge is 0.303 e. The molecule has 28 heavy (non-hydrogen) atoms. The molecule has 2 unspecified atom stereocenters. The van der Waals surface area contributed by atoms with Gasteiger partial charge in [0, 0.05) is 25.1 Å². The summed E-state index contributed by atoms with van der Waals surface area (Å²) in [6, 6.07) is 7.14. The first kappa shape index (κ1) is 20.0. The van der Waals surface area contributed by atoms with Gasteiger partial charge in [-0.1, -0.05) is 24.3 Å². The minimum atomic E-state index is -1.01. The summed E-state index contributed by atoms with van der Waals surface area (Å²) in [5.41, 5.74) is 1.02. The minimum absolute atomic E-state index is 0.0349. The van der Waals surface area contributed by atoms with Gasteiger partial charge < -0.3 is 15.1 Å². The molecule has 0 spiro atoms. The lowest BCUT2D eigenvalue weighted by Crippen LogP contribution is -2.29. The highest BCUT2D eigenvalue weighted by Crippen LogP contribution is 2.26. The maximum Gasteiger partial charge on any atom is 0.303 e. The van der Waals surface area contributed by atoms with Crippen LogP contribution in [0.15, 0.2) is 30.5 Å². The fourth-order valence-electron chi connectivity index (χ4n) is 3.27. The highest BCUT2D eigenvalue weighted by atomic mass is 16.4. The highest BCUT2D eigenvalue weighted by Gasteiger charge is 2.31. The van der Waals surface area contributed by atoms with E-state index in [0.717, 1.165) is 12.0 Å². The molecule has 1 aromatic heterocycles. The zero-order chi connectivity index (χ0) is 20.3. The van der Waals surface area contributed by atoms with E-state index in [1.165, 1.54) is 0 Å². The summed E-state index contributed by atoms with van der Waals surface area (Å²) in [6.45, 7) is 4.77. The van der Waals surface area contributed by atoms with Crippen LogP contribution in [0.4, 0.5) is 0 Å². The van der Waals surface area contributed by atoms with Crippen LogP contribution in [0.25, 0.3) is 0 Å². The second-order valence-electron chi connectivity index (χ2n) is 7.50. The molecule has 2 aromatic rings. The third-order valence-electron chi connectivity index (χ3n) is 5.40. The van der Waals surface area contributed by atoms with Gasteiger partial charge in [-0.15, -0.1) is 5.10 Å². The number of carboxylic acids is 1. The quantitative estimate of drug-likeness (QED) is 0.753. The van der Waals surface area contributed by atoms with Gasteiger partial charge in [0.1, 0.15) is 11.3 Å². The Balaban J connectivity index is 1.62. The Bertz CT molecular complexity index is 844. The van der Waals surface area contributed by atoms with Crippen LogP contribution in [-0.4, -0.2) is 55.1 Å². The Labute approximate surface area is 163 Å². The number of nitrogens with zero attached hydrogens (tertiary/aromatic N) is 4. The van der Waals surface area contributed by atoms with Gasteiger partial charge in [-0.25, -0.2) is 4.68 Å². The highest BCUT2D eigenvalue weighted by molar-refractivity contribution is 5.94. The summed E-state index contributed by atoms with van der Waals surface area (Å²) in [5.74, 6) is -0.881. The zero-order valence-corrected chi connectivity index (χ0v) is 16.2. The minimum Gasteiger partial charge on any atom is -0.481 e. The van der Waals surface area contributed by atoms with E-state index in [1.807, 2.05) is 6.92 Å². The summed E-state index contributed by atoms with van der Waals surface area (Å²) >= 11 is 0. The van der Waals surface area contributed by atoms with Gasteiger partial charge in [0.05, 0.1) is 12.2 Å². The number of aliphatic hydroxyl groups is 1. The lowest BCUT2D eigenvalue weighted by atomic mass is 10.0. The molecule has 3 rings (SSSR count). The molecule has 0 saturated carbocycles. The first-order chi connectivity index (χ1) is 13.3. The van der Waals surface area contributed by atoms with Gasteiger partial charge in [0.2, 0.25) is 0 Å². The number of carbonyl (C=O) groups excluding carboxylic acids is 1. The molecule has 8 nitrogen and oxygen atoms in total. The molecule has 1 aromatic carbocycles. The first-order valence-corrected chi connectivity index (χ1v) is 9.55. The number of carbonyl (C=O) groups is 2. The molecule has 150 valence electrons. The van der Waals surface area contributed by atoms with E-state index in [4.69, 9.17) is 5.11 Å². The van der Waals surface area contributed by atoms with E-state index in [2.05, 4.69) is 10.3 Å². The van der Waals surface area contributed by atoms with Crippen molar-refractivity contribution in [2.45, 2.75) is 51.2 Å².